The quantitative estimate of drug-likeness (QED) is 0.460. The summed E-state index contributed by atoms with van der Waals surface area (Å²) >= 11 is 5.43. The standard InChI is InChI=1S/C7H15ClO2/c1-4-9-7(2,3)10-6-5-8/h4-6H2,1-3H3. The van der Waals surface area contributed by atoms with Gasteiger partial charge in [-0.05, 0) is 20.8 Å². The van der Waals surface area contributed by atoms with Crippen LogP contribution in [0.25, 0.3) is 0 Å². The Bertz CT molecular complexity index is 83.7. The Labute approximate surface area is 67.5 Å². The van der Waals surface area contributed by atoms with Crippen molar-refractivity contribution in [2.45, 2.75) is 26.6 Å². The Morgan fingerprint density at radius 1 is 1.30 bits per heavy atom. The Balaban J connectivity index is 3.42. The van der Waals surface area contributed by atoms with Gasteiger partial charge < -0.3 is 9.47 Å². The second kappa shape index (κ2) is 4.94. The molecular weight excluding hydrogens is 152 g/mol. The van der Waals surface area contributed by atoms with E-state index in [2.05, 4.69) is 0 Å². The zero-order chi connectivity index (χ0) is 8.04. The highest BCUT2D eigenvalue weighted by Gasteiger charge is 2.16. The lowest BCUT2D eigenvalue weighted by Crippen LogP contribution is -2.29. The lowest BCUT2D eigenvalue weighted by atomic mass is 10.4. The fourth-order valence-electron chi connectivity index (χ4n) is 0.674. The molecule has 2 nitrogen and oxygen atoms in total. The number of hydrogen-bond acceptors (Lipinski definition) is 2. The van der Waals surface area contributed by atoms with Crippen LogP contribution in [0.2, 0.25) is 0 Å². The summed E-state index contributed by atoms with van der Waals surface area (Å²) in [6, 6.07) is 0. The first-order chi connectivity index (χ1) is 4.62. The molecule has 0 saturated heterocycles. The molecule has 0 aliphatic heterocycles. The van der Waals surface area contributed by atoms with Gasteiger partial charge in [0.05, 0.1) is 6.61 Å². The molecule has 0 saturated carbocycles. The topological polar surface area (TPSA) is 18.5 Å². The number of rotatable bonds is 5. The Morgan fingerprint density at radius 2 is 1.90 bits per heavy atom. The van der Waals surface area contributed by atoms with Crippen LogP contribution in [-0.2, 0) is 9.47 Å². The molecule has 0 spiro atoms. The molecule has 0 unspecified atom stereocenters. The monoisotopic (exact) mass is 166 g/mol. The predicted octanol–water partition coefficient (Wildman–Crippen LogP) is 2.01. The zero-order valence-electron chi connectivity index (χ0n) is 6.82. The number of halogens is 1. The van der Waals surface area contributed by atoms with Gasteiger partial charge in [0.15, 0.2) is 5.79 Å². The molecular formula is C7H15ClO2. The van der Waals surface area contributed by atoms with Crippen molar-refractivity contribution in [2.75, 3.05) is 19.1 Å². The molecule has 0 aromatic carbocycles. The molecule has 62 valence electrons. The summed E-state index contributed by atoms with van der Waals surface area (Å²) in [5.74, 6) is 0.0279. The average Bonchev–Trinajstić information content (AvgIpc) is 1.84. The molecule has 0 heterocycles. The lowest BCUT2D eigenvalue weighted by molar-refractivity contribution is -0.207. The van der Waals surface area contributed by atoms with Gasteiger partial charge in [0.1, 0.15) is 0 Å². The maximum Gasteiger partial charge on any atom is 0.162 e. The summed E-state index contributed by atoms with van der Waals surface area (Å²) in [6.45, 7) is 6.89. The Morgan fingerprint density at radius 3 is 2.30 bits per heavy atom. The normalized spacial score (nSPS) is 12.0. The molecule has 0 atom stereocenters. The van der Waals surface area contributed by atoms with Crippen molar-refractivity contribution < 1.29 is 9.47 Å². The van der Waals surface area contributed by atoms with Crippen molar-refractivity contribution in [3.63, 3.8) is 0 Å². The highest BCUT2D eigenvalue weighted by molar-refractivity contribution is 6.17. The SMILES string of the molecule is CCOC(C)(C)OCCCl. The van der Waals surface area contributed by atoms with Crippen molar-refractivity contribution in [1.82, 2.24) is 0 Å². The molecule has 0 N–H and O–H groups in total. The van der Waals surface area contributed by atoms with Crippen LogP contribution < -0.4 is 0 Å². The van der Waals surface area contributed by atoms with Crippen LogP contribution in [0.3, 0.4) is 0 Å². The summed E-state index contributed by atoms with van der Waals surface area (Å²) in [5.41, 5.74) is 0. The molecule has 0 aromatic rings. The van der Waals surface area contributed by atoms with Gasteiger partial charge in [-0.2, -0.15) is 0 Å². The van der Waals surface area contributed by atoms with Crippen LogP contribution in [0.15, 0.2) is 0 Å². The van der Waals surface area contributed by atoms with Crippen molar-refractivity contribution >= 4 is 11.6 Å². The van der Waals surface area contributed by atoms with Crippen LogP contribution in [0.1, 0.15) is 20.8 Å². The predicted molar refractivity (Wildman–Crippen MR) is 42.4 cm³/mol. The van der Waals surface area contributed by atoms with Crippen LogP contribution in [0.5, 0.6) is 0 Å². The van der Waals surface area contributed by atoms with E-state index < -0.39 is 5.79 Å². The van der Waals surface area contributed by atoms with E-state index in [-0.39, 0.29) is 0 Å². The summed E-state index contributed by atoms with van der Waals surface area (Å²) < 4.78 is 10.5. The van der Waals surface area contributed by atoms with Crippen LogP contribution >= 0.6 is 11.6 Å². The first-order valence-corrected chi connectivity index (χ1v) is 3.99. The second-order valence-corrected chi connectivity index (χ2v) is 2.75. The fraction of sp³-hybridized carbons (Fsp3) is 1.00. The van der Waals surface area contributed by atoms with Gasteiger partial charge >= 0.3 is 0 Å². The third kappa shape index (κ3) is 5.03. The molecule has 0 fully saturated rings. The van der Waals surface area contributed by atoms with Gasteiger partial charge in [0.25, 0.3) is 0 Å². The van der Waals surface area contributed by atoms with Crippen LogP contribution in [-0.4, -0.2) is 24.9 Å². The maximum absolute atomic E-state index is 5.43. The molecule has 0 radical (unpaired) electrons. The minimum absolute atomic E-state index is 0.482. The molecule has 0 bridgehead atoms. The van der Waals surface area contributed by atoms with Gasteiger partial charge in [0.2, 0.25) is 0 Å². The van der Waals surface area contributed by atoms with Crippen molar-refractivity contribution in [1.29, 1.82) is 0 Å². The van der Waals surface area contributed by atoms with E-state index in [1.54, 1.807) is 0 Å². The molecule has 0 amide bonds. The van der Waals surface area contributed by atoms with Crippen molar-refractivity contribution in [2.24, 2.45) is 0 Å². The average molecular weight is 167 g/mol. The van der Waals surface area contributed by atoms with Gasteiger partial charge in [-0.25, -0.2) is 0 Å². The first kappa shape index (κ1) is 10.2. The van der Waals surface area contributed by atoms with Gasteiger partial charge in [-0.1, -0.05) is 0 Å². The lowest BCUT2D eigenvalue weighted by Gasteiger charge is -2.24. The largest absolute Gasteiger partial charge is 0.351 e. The second-order valence-electron chi connectivity index (χ2n) is 2.37. The van der Waals surface area contributed by atoms with Crippen LogP contribution in [0.4, 0.5) is 0 Å². The highest BCUT2D eigenvalue weighted by atomic mass is 35.5. The van der Waals surface area contributed by atoms with E-state index in [1.807, 2.05) is 20.8 Å². The summed E-state index contributed by atoms with van der Waals surface area (Å²) in [5, 5.41) is 0. The van der Waals surface area contributed by atoms with E-state index in [0.29, 0.717) is 19.1 Å². The van der Waals surface area contributed by atoms with E-state index in [4.69, 9.17) is 21.1 Å². The molecule has 0 aliphatic carbocycles. The third-order valence-corrected chi connectivity index (χ3v) is 1.17. The zero-order valence-corrected chi connectivity index (χ0v) is 7.57. The molecule has 3 heteroatoms. The number of alkyl halides is 1. The van der Waals surface area contributed by atoms with Gasteiger partial charge in [-0.3, -0.25) is 0 Å². The summed E-state index contributed by atoms with van der Waals surface area (Å²) in [6.07, 6.45) is 0. The molecule has 0 aliphatic rings. The number of ether oxygens (including phenoxy) is 2. The van der Waals surface area contributed by atoms with Crippen molar-refractivity contribution in [3.05, 3.63) is 0 Å². The summed E-state index contributed by atoms with van der Waals surface area (Å²) in [4.78, 5) is 0. The molecule has 0 aromatic heterocycles. The third-order valence-electron chi connectivity index (χ3n) is 1.02. The highest BCUT2D eigenvalue weighted by Crippen LogP contribution is 2.10. The molecule has 0 rings (SSSR count). The maximum atomic E-state index is 5.43. The van der Waals surface area contributed by atoms with Gasteiger partial charge in [-0.15, -0.1) is 11.6 Å². The van der Waals surface area contributed by atoms with Crippen LogP contribution in [0, 0.1) is 0 Å². The van der Waals surface area contributed by atoms with E-state index in [0.717, 1.165) is 0 Å². The Kier molecular flexibility index (Phi) is 5.04. The fourth-order valence-corrected chi connectivity index (χ4v) is 0.751. The van der Waals surface area contributed by atoms with E-state index in [9.17, 15) is 0 Å². The van der Waals surface area contributed by atoms with Crippen molar-refractivity contribution in [3.8, 4) is 0 Å². The molecule has 10 heavy (non-hydrogen) atoms. The number of hydrogen-bond donors (Lipinski definition) is 0. The van der Waals surface area contributed by atoms with E-state index in [1.165, 1.54) is 0 Å². The van der Waals surface area contributed by atoms with E-state index >= 15 is 0 Å². The summed E-state index contributed by atoms with van der Waals surface area (Å²) in [7, 11) is 0. The first-order valence-electron chi connectivity index (χ1n) is 3.46. The minimum atomic E-state index is -0.482. The minimum Gasteiger partial charge on any atom is -0.351 e. The Hall–Kier alpha value is 0.210. The smallest absolute Gasteiger partial charge is 0.162 e. The van der Waals surface area contributed by atoms with Gasteiger partial charge in [0, 0.05) is 12.5 Å².